The molecule has 1 aromatic carbocycles. The zero-order valence-corrected chi connectivity index (χ0v) is 11.9. The molecular formula is C16H22N2O. The lowest BCUT2D eigenvalue weighted by Crippen LogP contribution is -2.13. The van der Waals surface area contributed by atoms with E-state index in [0.717, 1.165) is 30.8 Å². The second-order valence-corrected chi connectivity index (χ2v) is 4.88. The number of pyridine rings is 1. The summed E-state index contributed by atoms with van der Waals surface area (Å²) in [6, 6.07) is 10.2. The van der Waals surface area contributed by atoms with Crippen LogP contribution in [0.3, 0.4) is 0 Å². The Morgan fingerprint density at radius 1 is 1.32 bits per heavy atom. The first-order valence-electron chi connectivity index (χ1n) is 6.94. The summed E-state index contributed by atoms with van der Waals surface area (Å²) in [5.74, 6) is 0.727. The van der Waals surface area contributed by atoms with Crippen LogP contribution in [-0.4, -0.2) is 18.1 Å². The summed E-state index contributed by atoms with van der Waals surface area (Å²) in [6.07, 6.45) is 2.38. The minimum Gasteiger partial charge on any atom is -0.475 e. The fraction of sp³-hybridized carbons (Fsp3) is 0.438. The molecule has 1 aromatic heterocycles. The third-order valence-corrected chi connectivity index (χ3v) is 3.16. The Morgan fingerprint density at radius 2 is 2.11 bits per heavy atom. The Morgan fingerprint density at radius 3 is 2.84 bits per heavy atom. The number of fused-ring (bicyclic) bond motifs is 1. The molecule has 0 fully saturated rings. The van der Waals surface area contributed by atoms with Gasteiger partial charge in [-0.1, -0.05) is 31.5 Å². The van der Waals surface area contributed by atoms with Gasteiger partial charge >= 0.3 is 0 Å². The van der Waals surface area contributed by atoms with Crippen molar-refractivity contribution in [3.8, 4) is 5.88 Å². The second kappa shape index (κ2) is 6.53. The van der Waals surface area contributed by atoms with Crippen LogP contribution in [0.2, 0.25) is 0 Å². The molecule has 0 aliphatic heterocycles. The molecule has 0 saturated heterocycles. The number of para-hydroxylation sites is 1. The van der Waals surface area contributed by atoms with Gasteiger partial charge < -0.3 is 10.1 Å². The molecule has 1 atom stereocenters. The standard InChI is InChI=1S/C16H22N2O/c1-4-7-12(2)19-16-10-13(11-17-3)14-8-5-6-9-15(14)18-16/h5-6,8-10,12,17H,4,7,11H2,1-3H3. The highest BCUT2D eigenvalue weighted by Crippen LogP contribution is 2.23. The summed E-state index contributed by atoms with van der Waals surface area (Å²) >= 11 is 0. The first-order valence-corrected chi connectivity index (χ1v) is 6.94. The van der Waals surface area contributed by atoms with E-state index in [-0.39, 0.29) is 6.10 Å². The number of hydrogen-bond donors (Lipinski definition) is 1. The maximum Gasteiger partial charge on any atom is 0.214 e. The van der Waals surface area contributed by atoms with E-state index in [1.165, 1.54) is 10.9 Å². The molecule has 1 unspecified atom stereocenters. The lowest BCUT2D eigenvalue weighted by molar-refractivity contribution is 0.202. The monoisotopic (exact) mass is 258 g/mol. The summed E-state index contributed by atoms with van der Waals surface area (Å²) < 4.78 is 5.91. The van der Waals surface area contributed by atoms with Gasteiger partial charge in [-0.2, -0.15) is 0 Å². The highest BCUT2D eigenvalue weighted by atomic mass is 16.5. The van der Waals surface area contributed by atoms with Crippen LogP contribution in [0, 0.1) is 0 Å². The topological polar surface area (TPSA) is 34.1 Å². The Balaban J connectivity index is 2.34. The van der Waals surface area contributed by atoms with Crippen molar-refractivity contribution in [2.75, 3.05) is 7.05 Å². The smallest absolute Gasteiger partial charge is 0.214 e. The number of nitrogens with zero attached hydrogens (tertiary/aromatic N) is 1. The Kier molecular flexibility index (Phi) is 4.74. The molecule has 2 rings (SSSR count). The van der Waals surface area contributed by atoms with Crippen molar-refractivity contribution >= 4 is 10.9 Å². The molecule has 3 heteroatoms. The van der Waals surface area contributed by atoms with Gasteiger partial charge in [-0.05, 0) is 32.0 Å². The van der Waals surface area contributed by atoms with Gasteiger partial charge in [0.25, 0.3) is 0 Å². The van der Waals surface area contributed by atoms with Crippen LogP contribution in [0.15, 0.2) is 30.3 Å². The molecule has 2 aromatic rings. The molecule has 0 radical (unpaired) electrons. The van der Waals surface area contributed by atoms with Gasteiger partial charge in [0.1, 0.15) is 0 Å². The third kappa shape index (κ3) is 3.44. The quantitative estimate of drug-likeness (QED) is 0.860. The van der Waals surface area contributed by atoms with E-state index in [4.69, 9.17) is 4.74 Å². The van der Waals surface area contributed by atoms with Crippen molar-refractivity contribution in [3.63, 3.8) is 0 Å². The van der Waals surface area contributed by atoms with Crippen molar-refractivity contribution in [1.82, 2.24) is 10.3 Å². The summed E-state index contributed by atoms with van der Waals surface area (Å²) in [4.78, 5) is 4.59. The molecule has 0 amide bonds. The van der Waals surface area contributed by atoms with Gasteiger partial charge in [0.15, 0.2) is 0 Å². The average molecular weight is 258 g/mol. The van der Waals surface area contributed by atoms with E-state index in [1.54, 1.807) is 0 Å². The van der Waals surface area contributed by atoms with Gasteiger partial charge in [-0.25, -0.2) is 4.98 Å². The maximum atomic E-state index is 5.91. The van der Waals surface area contributed by atoms with Crippen LogP contribution in [-0.2, 0) is 6.54 Å². The van der Waals surface area contributed by atoms with Crippen molar-refractivity contribution in [3.05, 3.63) is 35.9 Å². The van der Waals surface area contributed by atoms with E-state index in [9.17, 15) is 0 Å². The van der Waals surface area contributed by atoms with E-state index in [2.05, 4.69) is 30.2 Å². The Bertz CT molecular complexity index is 539. The van der Waals surface area contributed by atoms with Crippen LogP contribution in [0.4, 0.5) is 0 Å². The molecule has 1 N–H and O–H groups in total. The number of benzene rings is 1. The van der Waals surface area contributed by atoms with E-state index >= 15 is 0 Å². The van der Waals surface area contributed by atoms with Gasteiger partial charge in [0, 0.05) is 18.0 Å². The fourth-order valence-corrected chi connectivity index (χ4v) is 2.29. The largest absolute Gasteiger partial charge is 0.475 e. The first-order chi connectivity index (χ1) is 9.24. The SMILES string of the molecule is CCCC(C)Oc1cc(CNC)c2ccccc2n1. The minimum atomic E-state index is 0.209. The number of rotatable bonds is 6. The highest BCUT2D eigenvalue weighted by molar-refractivity contribution is 5.82. The van der Waals surface area contributed by atoms with Crippen LogP contribution < -0.4 is 10.1 Å². The van der Waals surface area contributed by atoms with Crippen LogP contribution >= 0.6 is 0 Å². The molecular weight excluding hydrogens is 236 g/mol. The van der Waals surface area contributed by atoms with Crippen LogP contribution in [0.25, 0.3) is 10.9 Å². The molecule has 0 aliphatic carbocycles. The van der Waals surface area contributed by atoms with Crippen molar-refractivity contribution < 1.29 is 4.74 Å². The molecule has 0 spiro atoms. The normalized spacial score (nSPS) is 12.6. The summed E-state index contributed by atoms with van der Waals surface area (Å²) in [7, 11) is 1.95. The predicted molar refractivity (Wildman–Crippen MR) is 79.5 cm³/mol. The first kappa shape index (κ1) is 13.8. The fourth-order valence-electron chi connectivity index (χ4n) is 2.29. The number of hydrogen-bond acceptors (Lipinski definition) is 3. The predicted octanol–water partition coefficient (Wildman–Crippen LogP) is 3.52. The van der Waals surface area contributed by atoms with Crippen LogP contribution in [0.1, 0.15) is 32.3 Å². The second-order valence-electron chi connectivity index (χ2n) is 4.88. The van der Waals surface area contributed by atoms with Crippen molar-refractivity contribution in [2.45, 2.75) is 39.3 Å². The zero-order valence-electron chi connectivity index (χ0n) is 11.9. The number of ether oxygens (including phenoxy) is 1. The van der Waals surface area contributed by atoms with Crippen molar-refractivity contribution in [1.29, 1.82) is 0 Å². The molecule has 19 heavy (non-hydrogen) atoms. The Labute approximate surface area is 115 Å². The van der Waals surface area contributed by atoms with Gasteiger partial charge in [-0.3, -0.25) is 0 Å². The zero-order chi connectivity index (χ0) is 13.7. The minimum absolute atomic E-state index is 0.209. The molecule has 0 bridgehead atoms. The summed E-state index contributed by atoms with van der Waals surface area (Å²) in [5.41, 5.74) is 2.22. The summed E-state index contributed by atoms with van der Waals surface area (Å²) in [6.45, 7) is 5.08. The van der Waals surface area contributed by atoms with E-state index in [0.29, 0.717) is 0 Å². The highest BCUT2D eigenvalue weighted by Gasteiger charge is 2.08. The molecule has 0 aliphatic rings. The molecule has 0 saturated carbocycles. The average Bonchev–Trinajstić information content (AvgIpc) is 2.39. The van der Waals surface area contributed by atoms with Crippen molar-refractivity contribution in [2.24, 2.45) is 0 Å². The number of aromatic nitrogens is 1. The maximum absolute atomic E-state index is 5.91. The number of nitrogens with one attached hydrogen (secondary N) is 1. The molecule has 1 heterocycles. The molecule has 3 nitrogen and oxygen atoms in total. The van der Waals surface area contributed by atoms with Crippen LogP contribution in [0.5, 0.6) is 5.88 Å². The Hall–Kier alpha value is -1.61. The molecule has 102 valence electrons. The van der Waals surface area contributed by atoms with E-state index in [1.807, 2.05) is 31.3 Å². The summed E-state index contributed by atoms with van der Waals surface area (Å²) in [5, 5.41) is 4.39. The van der Waals surface area contributed by atoms with Gasteiger partial charge in [0.05, 0.1) is 11.6 Å². The van der Waals surface area contributed by atoms with E-state index < -0.39 is 0 Å². The van der Waals surface area contributed by atoms with Gasteiger partial charge in [-0.15, -0.1) is 0 Å². The third-order valence-electron chi connectivity index (χ3n) is 3.16. The lowest BCUT2D eigenvalue weighted by Gasteiger charge is -2.15. The lowest BCUT2D eigenvalue weighted by atomic mass is 10.1. The van der Waals surface area contributed by atoms with Gasteiger partial charge in [0.2, 0.25) is 5.88 Å².